The number of fused-ring (bicyclic) bond motifs is 2. The maximum Gasteiger partial charge on any atom is 0.205 e. The summed E-state index contributed by atoms with van der Waals surface area (Å²) in [5.41, 5.74) is 0. The standard InChI is InChI=1S/C14H18N6OS/c1-9-15-4-3-13(16-9)19-6-10-5-11(7-19)20(10)14-17-12(8-21-2)18-22-14/h3-4,10-11H,5-8H2,1-2H3. The normalized spacial score (nSPS) is 23.5. The fourth-order valence-corrected chi connectivity index (χ4v) is 4.09. The Kier molecular flexibility index (Phi) is 3.42. The quantitative estimate of drug-likeness (QED) is 0.840. The summed E-state index contributed by atoms with van der Waals surface area (Å²) in [4.78, 5) is 18.0. The van der Waals surface area contributed by atoms with E-state index in [1.165, 1.54) is 18.0 Å². The zero-order chi connectivity index (χ0) is 15.1. The molecule has 5 heterocycles. The Morgan fingerprint density at radius 1 is 1.32 bits per heavy atom. The van der Waals surface area contributed by atoms with Crippen LogP contribution in [0, 0.1) is 6.92 Å². The summed E-state index contributed by atoms with van der Waals surface area (Å²) in [5.74, 6) is 2.62. The number of aromatic nitrogens is 4. The van der Waals surface area contributed by atoms with Gasteiger partial charge in [-0.2, -0.15) is 4.37 Å². The van der Waals surface area contributed by atoms with Crippen LogP contribution in [0.5, 0.6) is 0 Å². The van der Waals surface area contributed by atoms with Gasteiger partial charge in [-0.15, -0.1) is 0 Å². The van der Waals surface area contributed by atoms with Crippen LogP contribution in [-0.2, 0) is 11.3 Å². The van der Waals surface area contributed by atoms with Gasteiger partial charge in [-0.25, -0.2) is 15.0 Å². The van der Waals surface area contributed by atoms with Crippen molar-refractivity contribution in [3.8, 4) is 0 Å². The number of hydrogen-bond acceptors (Lipinski definition) is 8. The first kappa shape index (κ1) is 13.8. The molecule has 2 unspecified atom stereocenters. The fourth-order valence-electron chi connectivity index (χ4n) is 3.27. The number of rotatable bonds is 4. The molecule has 2 aromatic rings. The van der Waals surface area contributed by atoms with E-state index in [1.54, 1.807) is 7.11 Å². The molecule has 7 nitrogen and oxygen atoms in total. The van der Waals surface area contributed by atoms with E-state index in [-0.39, 0.29) is 0 Å². The van der Waals surface area contributed by atoms with Crippen LogP contribution >= 0.6 is 11.5 Å². The Morgan fingerprint density at radius 3 is 2.86 bits per heavy atom. The number of anilines is 2. The summed E-state index contributed by atoms with van der Waals surface area (Å²) >= 11 is 1.47. The van der Waals surface area contributed by atoms with Crippen molar-refractivity contribution in [2.75, 3.05) is 30.0 Å². The second-order valence-corrected chi connectivity index (χ2v) is 6.47. The molecule has 5 rings (SSSR count). The summed E-state index contributed by atoms with van der Waals surface area (Å²) in [6, 6.07) is 2.98. The molecule has 3 aliphatic heterocycles. The molecule has 0 aliphatic carbocycles. The molecule has 0 N–H and O–H groups in total. The van der Waals surface area contributed by atoms with Crippen LogP contribution in [0.25, 0.3) is 0 Å². The molecule has 3 fully saturated rings. The molecule has 2 bridgehead atoms. The van der Waals surface area contributed by atoms with Crippen molar-refractivity contribution in [3.05, 3.63) is 23.9 Å². The van der Waals surface area contributed by atoms with E-state index >= 15 is 0 Å². The summed E-state index contributed by atoms with van der Waals surface area (Å²) in [6.45, 7) is 4.36. The monoisotopic (exact) mass is 318 g/mol. The topological polar surface area (TPSA) is 67.3 Å². The summed E-state index contributed by atoms with van der Waals surface area (Å²) < 4.78 is 9.45. The zero-order valence-electron chi connectivity index (χ0n) is 12.6. The Labute approximate surface area is 133 Å². The number of piperidine rings is 1. The van der Waals surface area contributed by atoms with Crippen molar-refractivity contribution in [2.45, 2.75) is 32.0 Å². The second kappa shape index (κ2) is 5.44. The van der Waals surface area contributed by atoms with Gasteiger partial charge in [0.15, 0.2) is 5.82 Å². The SMILES string of the molecule is COCc1nsc(N2C3CC2CN(c2ccnc(C)n2)C3)n1. The van der Waals surface area contributed by atoms with Crippen molar-refractivity contribution < 1.29 is 4.74 Å². The van der Waals surface area contributed by atoms with Gasteiger partial charge in [-0.1, -0.05) is 0 Å². The molecule has 116 valence electrons. The molecule has 0 radical (unpaired) electrons. The van der Waals surface area contributed by atoms with Crippen LogP contribution in [0.1, 0.15) is 18.1 Å². The minimum atomic E-state index is 0.478. The predicted molar refractivity (Wildman–Crippen MR) is 84.3 cm³/mol. The van der Waals surface area contributed by atoms with Gasteiger partial charge in [-0.05, 0) is 19.4 Å². The van der Waals surface area contributed by atoms with Crippen LogP contribution in [0.2, 0.25) is 0 Å². The first-order chi connectivity index (χ1) is 10.7. The lowest BCUT2D eigenvalue weighted by Crippen LogP contribution is -2.69. The van der Waals surface area contributed by atoms with Gasteiger partial charge in [0.05, 0.1) is 12.1 Å². The highest BCUT2D eigenvalue weighted by atomic mass is 32.1. The number of hydrogen-bond donors (Lipinski definition) is 0. The van der Waals surface area contributed by atoms with E-state index < -0.39 is 0 Å². The minimum absolute atomic E-state index is 0.478. The molecule has 0 spiro atoms. The number of piperazine rings is 1. The van der Waals surface area contributed by atoms with Crippen molar-refractivity contribution in [2.24, 2.45) is 0 Å². The van der Waals surface area contributed by atoms with E-state index in [4.69, 9.17) is 4.74 Å². The van der Waals surface area contributed by atoms with Crippen LogP contribution in [0.3, 0.4) is 0 Å². The molecule has 0 amide bonds. The zero-order valence-corrected chi connectivity index (χ0v) is 13.5. The molecule has 22 heavy (non-hydrogen) atoms. The fraction of sp³-hybridized carbons (Fsp3) is 0.571. The molecule has 2 atom stereocenters. The third-order valence-electron chi connectivity index (χ3n) is 4.23. The number of methoxy groups -OCH3 is 1. The number of nitrogens with zero attached hydrogens (tertiary/aromatic N) is 6. The average Bonchev–Trinajstić information content (AvgIpc) is 2.95. The highest BCUT2D eigenvalue weighted by Gasteiger charge is 2.46. The number of ether oxygens (including phenoxy) is 1. The van der Waals surface area contributed by atoms with Crippen LogP contribution in [0.4, 0.5) is 10.9 Å². The van der Waals surface area contributed by atoms with Gasteiger partial charge in [0.2, 0.25) is 5.13 Å². The molecule has 2 aromatic heterocycles. The second-order valence-electron chi connectivity index (χ2n) is 5.74. The highest BCUT2D eigenvalue weighted by Crippen LogP contribution is 2.38. The van der Waals surface area contributed by atoms with Gasteiger partial charge in [0.1, 0.15) is 18.2 Å². The molecular weight excluding hydrogens is 300 g/mol. The van der Waals surface area contributed by atoms with Gasteiger partial charge >= 0.3 is 0 Å². The first-order valence-corrected chi connectivity index (χ1v) is 8.16. The maximum absolute atomic E-state index is 5.09. The van der Waals surface area contributed by atoms with Crippen LogP contribution in [0.15, 0.2) is 12.3 Å². The maximum atomic E-state index is 5.09. The molecule has 3 saturated heterocycles. The van der Waals surface area contributed by atoms with E-state index in [9.17, 15) is 0 Å². The average molecular weight is 318 g/mol. The Hall–Kier alpha value is -1.80. The Bertz CT molecular complexity index is 665. The van der Waals surface area contributed by atoms with E-state index in [2.05, 4.69) is 29.1 Å². The first-order valence-electron chi connectivity index (χ1n) is 7.39. The lowest BCUT2D eigenvalue weighted by atomic mass is 9.88. The highest BCUT2D eigenvalue weighted by molar-refractivity contribution is 7.09. The summed E-state index contributed by atoms with van der Waals surface area (Å²) in [7, 11) is 1.67. The van der Waals surface area contributed by atoms with Gasteiger partial charge in [0, 0.05) is 37.9 Å². The molecule has 0 saturated carbocycles. The molecule has 3 aliphatic rings. The van der Waals surface area contributed by atoms with Gasteiger partial charge in [-0.3, -0.25) is 0 Å². The van der Waals surface area contributed by atoms with Crippen molar-refractivity contribution in [1.29, 1.82) is 0 Å². The van der Waals surface area contributed by atoms with Crippen molar-refractivity contribution in [1.82, 2.24) is 19.3 Å². The molecule has 8 heteroatoms. The molecule has 0 aromatic carbocycles. The predicted octanol–water partition coefficient (Wildman–Crippen LogP) is 1.25. The summed E-state index contributed by atoms with van der Waals surface area (Å²) in [5, 5.41) is 1.02. The van der Waals surface area contributed by atoms with Gasteiger partial charge < -0.3 is 14.5 Å². The summed E-state index contributed by atoms with van der Waals surface area (Å²) in [6.07, 6.45) is 3.05. The van der Waals surface area contributed by atoms with Crippen LogP contribution < -0.4 is 9.80 Å². The smallest absolute Gasteiger partial charge is 0.205 e. The Balaban J connectivity index is 1.48. The van der Waals surface area contributed by atoms with E-state index in [0.717, 1.165) is 35.7 Å². The van der Waals surface area contributed by atoms with Crippen LogP contribution in [-0.4, -0.2) is 51.6 Å². The van der Waals surface area contributed by atoms with Gasteiger partial charge in [0.25, 0.3) is 0 Å². The third-order valence-corrected chi connectivity index (χ3v) is 5.00. The third kappa shape index (κ3) is 2.32. The van der Waals surface area contributed by atoms with E-state index in [0.29, 0.717) is 18.7 Å². The van der Waals surface area contributed by atoms with Crippen molar-refractivity contribution in [3.63, 3.8) is 0 Å². The molecular formula is C14H18N6OS. The van der Waals surface area contributed by atoms with E-state index in [1.807, 2.05) is 19.2 Å². The Morgan fingerprint density at radius 2 is 2.14 bits per heavy atom. The van der Waals surface area contributed by atoms with Crippen molar-refractivity contribution >= 4 is 22.5 Å². The largest absolute Gasteiger partial charge is 0.377 e. The number of aryl methyl sites for hydroxylation is 1. The minimum Gasteiger partial charge on any atom is -0.377 e. The lowest BCUT2D eigenvalue weighted by molar-refractivity contribution is 0.178. The lowest BCUT2D eigenvalue weighted by Gasteiger charge is -2.56.